The van der Waals surface area contributed by atoms with E-state index in [-0.39, 0.29) is 22.9 Å². The molecule has 0 aliphatic carbocycles. The predicted octanol–water partition coefficient (Wildman–Crippen LogP) is 5.68. The number of rotatable bonds is 8. The van der Waals surface area contributed by atoms with Crippen LogP contribution in [0.5, 0.6) is 5.75 Å². The van der Waals surface area contributed by atoms with Gasteiger partial charge in [0.25, 0.3) is 17.3 Å². The molecule has 13 heteroatoms. The maximum Gasteiger partial charge on any atom is 0.277 e. The highest BCUT2D eigenvalue weighted by atomic mass is 35.5. The molecule has 0 fully saturated rings. The van der Waals surface area contributed by atoms with E-state index in [2.05, 4.69) is 10.5 Å². The van der Waals surface area contributed by atoms with Crippen LogP contribution in [0.15, 0.2) is 65.8 Å². The van der Waals surface area contributed by atoms with E-state index in [0.29, 0.717) is 21.4 Å². The highest BCUT2D eigenvalue weighted by Gasteiger charge is 2.20. The lowest BCUT2D eigenvalue weighted by atomic mass is 10.1. The summed E-state index contributed by atoms with van der Waals surface area (Å²) in [5.74, 6) is -0.587. The number of carbonyl (C=O) groups is 1. The number of amides is 1. The van der Waals surface area contributed by atoms with Gasteiger partial charge >= 0.3 is 0 Å². The van der Waals surface area contributed by atoms with Crippen LogP contribution in [0.2, 0.25) is 15.1 Å². The molecule has 1 N–H and O–H groups in total. The van der Waals surface area contributed by atoms with Crippen molar-refractivity contribution in [3.05, 3.63) is 107 Å². The molecule has 0 aliphatic rings. The van der Waals surface area contributed by atoms with Gasteiger partial charge in [-0.1, -0.05) is 46.9 Å². The maximum absolute atomic E-state index is 12.6. The molecule has 3 aromatic rings. The Morgan fingerprint density at radius 1 is 0.853 bits per heavy atom. The van der Waals surface area contributed by atoms with Crippen molar-refractivity contribution in [3.8, 4) is 5.75 Å². The fourth-order valence-corrected chi connectivity index (χ4v) is 3.27. The highest BCUT2D eigenvalue weighted by Crippen LogP contribution is 2.28. The smallest absolute Gasteiger partial charge is 0.277 e. The monoisotopic (exact) mass is 522 g/mol. The van der Waals surface area contributed by atoms with Crippen LogP contribution in [-0.4, -0.2) is 28.1 Å². The Hall–Kier alpha value is -3.73. The lowest BCUT2D eigenvalue weighted by Gasteiger charge is -2.11. The molecule has 0 unspecified atom stereocenters. The Labute approximate surface area is 207 Å². The van der Waals surface area contributed by atoms with Crippen molar-refractivity contribution in [2.45, 2.75) is 0 Å². The van der Waals surface area contributed by atoms with Crippen molar-refractivity contribution in [2.75, 3.05) is 6.61 Å². The van der Waals surface area contributed by atoms with Gasteiger partial charge in [0, 0.05) is 27.7 Å². The number of non-ortho nitro benzene ring substituents is 2. The van der Waals surface area contributed by atoms with Gasteiger partial charge in [-0.25, -0.2) is 5.43 Å². The van der Waals surface area contributed by atoms with Gasteiger partial charge in [0.15, 0.2) is 0 Å². The van der Waals surface area contributed by atoms with E-state index in [1.165, 1.54) is 6.07 Å². The lowest BCUT2D eigenvalue weighted by molar-refractivity contribution is -0.394. The second-order valence-corrected chi connectivity index (χ2v) is 7.90. The molecule has 174 valence electrons. The normalized spacial score (nSPS) is 11.1. The number of nitrogens with one attached hydrogen (secondary N) is 1. The van der Waals surface area contributed by atoms with Crippen molar-refractivity contribution in [3.63, 3.8) is 0 Å². The van der Waals surface area contributed by atoms with E-state index in [9.17, 15) is 25.0 Å². The molecule has 0 atom stereocenters. The molecular weight excluding hydrogens is 511 g/mol. The second kappa shape index (κ2) is 10.9. The van der Waals surface area contributed by atoms with Gasteiger partial charge in [-0.15, -0.1) is 0 Å². The summed E-state index contributed by atoms with van der Waals surface area (Å²) in [4.78, 5) is 33.1. The fraction of sp³-hybridized carbons (Fsp3) is 0.0476. The highest BCUT2D eigenvalue weighted by molar-refractivity contribution is 6.35. The van der Waals surface area contributed by atoms with Crippen LogP contribution in [0.4, 0.5) is 11.4 Å². The Bertz CT molecular complexity index is 1270. The molecule has 0 saturated carbocycles. The molecule has 34 heavy (non-hydrogen) atoms. The molecular formula is C21H13Cl3N4O6. The Kier molecular flexibility index (Phi) is 8.00. The largest absolute Gasteiger partial charge is 0.486 e. The lowest BCUT2D eigenvalue weighted by Crippen LogP contribution is -2.23. The molecule has 0 saturated heterocycles. The number of nitrogens with zero attached hydrogens (tertiary/aromatic N) is 3. The van der Waals surface area contributed by atoms with E-state index in [0.717, 1.165) is 18.2 Å². The third kappa shape index (κ3) is 6.41. The molecule has 3 rings (SSSR count). The van der Waals surface area contributed by atoms with Gasteiger partial charge in [0.2, 0.25) is 0 Å². The van der Waals surface area contributed by atoms with Gasteiger partial charge in [-0.2, -0.15) is 5.10 Å². The number of benzene rings is 3. The van der Waals surface area contributed by atoms with E-state index >= 15 is 0 Å². The summed E-state index contributed by atoms with van der Waals surface area (Å²) < 4.78 is 5.69. The first-order valence-electron chi connectivity index (χ1n) is 9.28. The number of hydrazone groups is 1. The number of nitro groups is 2. The van der Waals surface area contributed by atoms with Gasteiger partial charge in [-0.05, 0) is 30.3 Å². The first-order chi connectivity index (χ1) is 16.1. The second-order valence-electron chi connectivity index (χ2n) is 6.62. The number of halogens is 3. The quantitative estimate of drug-likeness (QED) is 0.229. The molecule has 0 heterocycles. The van der Waals surface area contributed by atoms with E-state index in [4.69, 9.17) is 39.5 Å². The number of ether oxygens (including phenoxy) is 1. The number of nitro benzene ring substituents is 2. The third-order valence-electron chi connectivity index (χ3n) is 4.31. The van der Waals surface area contributed by atoms with Gasteiger partial charge in [0.1, 0.15) is 18.1 Å². The Morgan fingerprint density at radius 2 is 1.44 bits per heavy atom. The van der Waals surface area contributed by atoms with Crippen LogP contribution in [0.3, 0.4) is 0 Å². The van der Waals surface area contributed by atoms with Crippen molar-refractivity contribution in [2.24, 2.45) is 5.10 Å². The summed E-state index contributed by atoms with van der Waals surface area (Å²) in [5, 5.41) is 27.4. The number of carbonyl (C=O) groups excluding carboxylic acids is 1. The van der Waals surface area contributed by atoms with Crippen LogP contribution in [0, 0.1) is 20.2 Å². The molecule has 0 aliphatic heterocycles. The number of hydrogen-bond acceptors (Lipinski definition) is 7. The number of hydrogen-bond donors (Lipinski definition) is 1. The summed E-state index contributed by atoms with van der Waals surface area (Å²) in [7, 11) is 0. The zero-order valence-electron chi connectivity index (χ0n) is 16.9. The predicted molar refractivity (Wildman–Crippen MR) is 127 cm³/mol. The summed E-state index contributed by atoms with van der Waals surface area (Å²) in [6.07, 6.45) is 0. The third-order valence-corrected chi connectivity index (χ3v) is 5.10. The Morgan fingerprint density at radius 3 is 2.00 bits per heavy atom. The molecule has 0 radical (unpaired) electrons. The van der Waals surface area contributed by atoms with Crippen LogP contribution >= 0.6 is 34.8 Å². The first kappa shape index (κ1) is 24.9. The topological polar surface area (TPSA) is 137 Å². The van der Waals surface area contributed by atoms with Crippen LogP contribution < -0.4 is 10.2 Å². The van der Waals surface area contributed by atoms with Crippen LogP contribution in [0.1, 0.15) is 15.9 Å². The minimum absolute atomic E-state index is 0.141. The maximum atomic E-state index is 12.6. The van der Waals surface area contributed by atoms with Crippen LogP contribution in [-0.2, 0) is 0 Å². The van der Waals surface area contributed by atoms with Crippen molar-refractivity contribution < 1.29 is 19.4 Å². The average molecular weight is 524 g/mol. The zero-order chi connectivity index (χ0) is 24.8. The van der Waals surface area contributed by atoms with Gasteiger partial charge in [0.05, 0.1) is 26.5 Å². The van der Waals surface area contributed by atoms with E-state index in [1.54, 1.807) is 36.4 Å². The summed E-state index contributed by atoms with van der Waals surface area (Å²) in [6, 6.07) is 13.7. The summed E-state index contributed by atoms with van der Waals surface area (Å²) >= 11 is 17.9. The SMILES string of the molecule is O=C(NN=C(COc1ccc(Cl)cc1Cl)c1ccc(Cl)cc1)c1cc([N+](=O)[O-])cc([N+](=O)[O-])c1. The zero-order valence-corrected chi connectivity index (χ0v) is 19.2. The fourth-order valence-electron chi connectivity index (χ4n) is 2.68. The van der Waals surface area contributed by atoms with E-state index in [1.807, 2.05) is 0 Å². The van der Waals surface area contributed by atoms with Crippen LogP contribution in [0.25, 0.3) is 0 Å². The van der Waals surface area contributed by atoms with Gasteiger partial charge in [-0.3, -0.25) is 25.0 Å². The molecule has 1 amide bonds. The van der Waals surface area contributed by atoms with Crippen molar-refractivity contribution in [1.29, 1.82) is 0 Å². The minimum Gasteiger partial charge on any atom is -0.486 e. The first-order valence-corrected chi connectivity index (χ1v) is 10.4. The van der Waals surface area contributed by atoms with Crippen molar-refractivity contribution in [1.82, 2.24) is 5.43 Å². The standard InChI is InChI=1S/C21H13Cl3N4O6/c22-14-3-1-12(2-4-14)19(11-34-20-6-5-15(23)9-18(20)24)25-26-21(29)13-7-16(27(30)31)10-17(8-13)28(32)33/h1-10H,11H2,(H,26,29). The molecule has 0 aromatic heterocycles. The summed E-state index contributed by atoms with van der Waals surface area (Å²) in [6.45, 7) is -0.141. The summed E-state index contributed by atoms with van der Waals surface area (Å²) in [5.41, 5.74) is 1.49. The molecule has 3 aromatic carbocycles. The average Bonchev–Trinajstić information content (AvgIpc) is 2.80. The van der Waals surface area contributed by atoms with Gasteiger partial charge < -0.3 is 4.74 Å². The Balaban J connectivity index is 1.89. The minimum atomic E-state index is -0.900. The molecule has 0 bridgehead atoms. The molecule has 10 nitrogen and oxygen atoms in total. The molecule has 0 spiro atoms. The van der Waals surface area contributed by atoms with Crippen molar-refractivity contribution >= 4 is 57.8 Å². The van der Waals surface area contributed by atoms with E-state index < -0.39 is 27.1 Å².